The second-order valence-electron chi connectivity index (χ2n) is 5.89. The van der Waals surface area contributed by atoms with Gasteiger partial charge in [-0.05, 0) is 36.3 Å². The van der Waals surface area contributed by atoms with Crippen LogP contribution in [0.3, 0.4) is 0 Å². The van der Waals surface area contributed by atoms with Crippen molar-refractivity contribution in [2.24, 2.45) is 0 Å². The molecule has 0 saturated heterocycles. The lowest BCUT2D eigenvalue weighted by Crippen LogP contribution is -2.00. The van der Waals surface area contributed by atoms with E-state index in [1.54, 1.807) is 12.1 Å². The number of nitro groups is 1. The van der Waals surface area contributed by atoms with Gasteiger partial charge in [-0.3, -0.25) is 10.1 Å². The molecule has 3 rings (SSSR count). The molecule has 0 saturated carbocycles. The van der Waals surface area contributed by atoms with Crippen molar-refractivity contribution in [3.8, 4) is 0 Å². The van der Waals surface area contributed by atoms with Crippen LogP contribution >= 0.6 is 0 Å². The first kappa shape index (κ1) is 17.4. The molecule has 1 unspecified atom stereocenters. The first-order valence-corrected chi connectivity index (χ1v) is 8.36. The van der Waals surface area contributed by atoms with Gasteiger partial charge in [0, 0.05) is 17.7 Å². The molecule has 0 aliphatic heterocycles. The molecule has 4 nitrogen and oxygen atoms in total. The van der Waals surface area contributed by atoms with Crippen LogP contribution in [-0.4, -0.2) is 4.92 Å². The van der Waals surface area contributed by atoms with Crippen LogP contribution in [0.15, 0.2) is 84.9 Å². The number of ether oxygens (including phenoxy) is 1. The fraction of sp³-hybridized carbons (Fsp3) is 0.0909. The van der Waals surface area contributed by atoms with E-state index >= 15 is 0 Å². The summed E-state index contributed by atoms with van der Waals surface area (Å²) < 4.78 is 6.22. The number of non-ortho nitro benzene ring substituents is 1. The highest BCUT2D eigenvalue weighted by molar-refractivity contribution is 5.77. The minimum Gasteiger partial charge on any atom is -0.485 e. The fourth-order valence-corrected chi connectivity index (χ4v) is 2.62. The number of rotatable bonds is 6. The van der Waals surface area contributed by atoms with Crippen molar-refractivity contribution in [3.05, 3.63) is 112 Å². The summed E-state index contributed by atoms with van der Waals surface area (Å²) in [4.78, 5) is 10.5. The third kappa shape index (κ3) is 4.36. The zero-order chi connectivity index (χ0) is 18.4. The van der Waals surface area contributed by atoms with Crippen molar-refractivity contribution < 1.29 is 9.66 Å². The molecule has 0 amide bonds. The molecule has 0 aliphatic carbocycles. The summed E-state index contributed by atoms with van der Waals surface area (Å²) in [5, 5.41) is 10.9. The first-order chi connectivity index (χ1) is 12.6. The summed E-state index contributed by atoms with van der Waals surface area (Å²) in [7, 11) is 0. The Morgan fingerprint density at radius 3 is 2.08 bits per heavy atom. The Morgan fingerprint density at radius 2 is 1.50 bits per heavy atom. The van der Waals surface area contributed by atoms with Gasteiger partial charge in [-0.15, -0.1) is 0 Å². The number of benzene rings is 3. The smallest absolute Gasteiger partial charge is 0.269 e. The van der Waals surface area contributed by atoms with Crippen molar-refractivity contribution in [1.82, 2.24) is 0 Å². The highest BCUT2D eigenvalue weighted by Gasteiger charge is 2.13. The highest BCUT2D eigenvalue weighted by Crippen LogP contribution is 2.28. The van der Waals surface area contributed by atoms with Gasteiger partial charge < -0.3 is 4.74 Å². The molecule has 3 aromatic carbocycles. The van der Waals surface area contributed by atoms with Crippen molar-refractivity contribution >= 4 is 17.5 Å². The Hall–Kier alpha value is -3.40. The first-order valence-electron chi connectivity index (χ1n) is 8.36. The molecule has 1 atom stereocenters. The van der Waals surface area contributed by atoms with Crippen LogP contribution in [0.2, 0.25) is 0 Å². The van der Waals surface area contributed by atoms with Crippen molar-refractivity contribution in [2.45, 2.75) is 13.0 Å². The van der Waals surface area contributed by atoms with E-state index in [1.807, 2.05) is 73.7 Å². The molecular weight excluding hydrogens is 326 g/mol. The maximum absolute atomic E-state index is 10.9. The number of hydrogen-bond donors (Lipinski definition) is 0. The van der Waals surface area contributed by atoms with E-state index in [1.165, 1.54) is 12.1 Å². The topological polar surface area (TPSA) is 52.4 Å². The van der Waals surface area contributed by atoms with Crippen LogP contribution < -0.4 is 0 Å². The van der Waals surface area contributed by atoms with E-state index < -0.39 is 4.92 Å². The molecule has 130 valence electrons. The molecule has 0 aliphatic rings. The Labute approximate surface area is 152 Å². The van der Waals surface area contributed by atoms with Gasteiger partial charge in [0.1, 0.15) is 11.9 Å². The SMILES string of the molecule is CC(O/C(=C\c1ccccc1)c1ccc([N+](=O)[O-])cc1)c1ccccc1. The Bertz CT molecular complexity index is 888. The molecule has 0 aromatic heterocycles. The van der Waals surface area contributed by atoms with Gasteiger partial charge in [0.15, 0.2) is 0 Å². The molecule has 26 heavy (non-hydrogen) atoms. The van der Waals surface area contributed by atoms with Crippen molar-refractivity contribution in [2.75, 3.05) is 0 Å². The summed E-state index contributed by atoms with van der Waals surface area (Å²) in [6.45, 7) is 1.99. The zero-order valence-electron chi connectivity index (χ0n) is 14.4. The molecule has 3 aromatic rings. The largest absolute Gasteiger partial charge is 0.485 e. The van der Waals surface area contributed by atoms with E-state index in [2.05, 4.69) is 0 Å². The van der Waals surface area contributed by atoms with Gasteiger partial charge in [-0.2, -0.15) is 0 Å². The van der Waals surface area contributed by atoms with Crippen LogP contribution in [0.1, 0.15) is 29.7 Å². The molecule has 0 radical (unpaired) electrons. The molecule has 0 N–H and O–H groups in total. The van der Waals surface area contributed by atoms with Gasteiger partial charge in [0.05, 0.1) is 4.92 Å². The quantitative estimate of drug-likeness (QED) is 0.243. The molecule has 0 heterocycles. The Balaban J connectivity index is 1.94. The lowest BCUT2D eigenvalue weighted by molar-refractivity contribution is -0.384. The second kappa shape index (κ2) is 8.12. The molecule has 4 heteroatoms. The maximum atomic E-state index is 10.9. The lowest BCUT2D eigenvalue weighted by Gasteiger charge is -2.18. The normalized spacial score (nSPS) is 12.4. The molecule has 0 fully saturated rings. The zero-order valence-corrected chi connectivity index (χ0v) is 14.4. The summed E-state index contributed by atoms with van der Waals surface area (Å²) in [5.41, 5.74) is 2.92. The van der Waals surface area contributed by atoms with Gasteiger partial charge in [-0.25, -0.2) is 0 Å². The van der Waals surface area contributed by atoms with Crippen LogP contribution in [0.25, 0.3) is 11.8 Å². The van der Waals surface area contributed by atoms with Crippen LogP contribution in [-0.2, 0) is 4.74 Å². The van der Waals surface area contributed by atoms with Crippen molar-refractivity contribution in [1.29, 1.82) is 0 Å². The number of hydrogen-bond acceptors (Lipinski definition) is 3. The molecule has 0 spiro atoms. The Kier molecular flexibility index (Phi) is 5.44. The average Bonchev–Trinajstić information content (AvgIpc) is 2.69. The van der Waals surface area contributed by atoms with Gasteiger partial charge >= 0.3 is 0 Å². The molecular formula is C22H19NO3. The highest BCUT2D eigenvalue weighted by atomic mass is 16.6. The summed E-state index contributed by atoms with van der Waals surface area (Å²) in [6, 6.07) is 26.2. The third-order valence-corrected chi connectivity index (χ3v) is 4.03. The van der Waals surface area contributed by atoms with Crippen molar-refractivity contribution in [3.63, 3.8) is 0 Å². The molecule has 0 bridgehead atoms. The summed E-state index contributed by atoms with van der Waals surface area (Å²) in [5.74, 6) is 0.669. The lowest BCUT2D eigenvalue weighted by atomic mass is 10.1. The van der Waals surface area contributed by atoms with E-state index in [0.717, 1.165) is 16.7 Å². The minimum absolute atomic E-state index is 0.0592. The predicted octanol–water partition coefficient (Wildman–Crippen LogP) is 5.87. The van der Waals surface area contributed by atoms with E-state index in [-0.39, 0.29) is 11.8 Å². The predicted molar refractivity (Wildman–Crippen MR) is 103 cm³/mol. The van der Waals surface area contributed by atoms with Crippen LogP contribution in [0, 0.1) is 10.1 Å². The minimum atomic E-state index is -0.405. The monoisotopic (exact) mass is 345 g/mol. The standard InChI is InChI=1S/C22H19NO3/c1-17(19-10-6-3-7-11-19)26-22(16-18-8-4-2-5-9-18)20-12-14-21(15-13-20)23(24)25/h2-17H,1H3/b22-16-. The fourth-order valence-electron chi connectivity index (χ4n) is 2.62. The second-order valence-corrected chi connectivity index (χ2v) is 5.89. The summed E-state index contributed by atoms with van der Waals surface area (Å²) >= 11 is 0. The number of nitro benzene ring substituents is 1. The van der Waals surface area contributed by atoms with E-state index in [0.29, 0.717) is 5.76 Å². The average molecular weight is 345 g/mol. The third-order valence-electron chi connectivity index (χ3n) is 4.03. The number of nitrogens with zero attached hydrogens (tertiary/aromatic N) is 1. The van der Waals surface area contributed by atoms with Crippen LogP contribution in [0.4, 0.5) is 5.69 Å². The maximum Gasteiger partial charge on any atom is 0.269 e. The van der Waals surface area contributed by atoms with Crippen LogP contribution in [0.5, 0.6) is 0 Å². The van der Waals surface area contributed by atoms with E-state index in [4.69, 9.17) is 4.74 Å². The Morgan fingerprint density at radius 1 is 0.923 bits per heavy atom. The van der Waals surface area contributed by atoms with E-state index in [9.17, 15) is 10.1 Å². The summed E-state index contributed by atoms with van der Waals surface area (Å²) in [6.07, 6.45) is 1.79. The van der Waals surface area contributed by atoms with Gasteiger partial charge in [-0.1, -0.05) is 60.7 Å². The van der Waals surface area contributed by atoms with Gasteiger partial charge in [0.2, 0.25) is 0 Å². The van der Waals surface area contributed by atoms with Gasteiger partial charge in [0.25, 0.3) is 5.69 Å².